The molecule has 0 saturated carbocycles. The number of hydrogen-bond donors (Lipinski definition) is 0. The normalized spacial score (nSPS) is 14.7. The van der Waals surface area contributed by atoms with E-state index in [0.717, 1.165) is 24.1 Å². The summed E-state index contributed by atoms with van der Waals surface area (Å²) in [5.41, 5.74) is 2.04. The average molecular weight is 275 g/mol. The number of pyridine rings is 1. The first-order valence-corrected chi connectivity index (χ1v) is 6.59. The van der Waals surface area contributed by atoms with Crippen molar-refractivity contribution in [2.24, 2.45) is 0 Å². The predicted molar refractivity (Wildman–Crippen MR) is 75.4 cm³/mol. The third-order valence-corrected chi connectivity index (χ3v) is 3.26. The van der Waals surface area contributed by atoms with Crippen molar-refractivity contribution in [2.75, 3.05) is 6.54 Å². The van der Waals surface area contributed by atoms with Crippen LogP contribution in [0.15, 0.2) is 30.1 Å². The first kappa shape index (κ1) is 13.6. The molecule has 1 heterocycles. The topological polar surface area (TPSA) is 33.2 Å². The lowest BCUT2D eigenvalue weighted by Gasteiger charge is -2.27. The van der Waals surface area contributed by atoms with Gasteiger partial charge < -0.3 is 4.90 Å². The van der Waals surface area contributed by atoms with Crippen LogP contribution >= 0.6 is 11.6 Å². The van der Waals surface area contributed by atoms with Gasteiger partial charge in [-0.3, -0.25) is 4.79 Å². The van der Waals surface area contributed by atoms with Crippen molar-refractivity contribution in [1.29, 1.82) is 0 Å². The highest BCUT2D eigenvalue weighted by molar-refractivity contribution is 6.29. The monoisotopic (exact) mass is 274 g/mol. The van der Waals surface area contributed by atoms with Gasteiger partial charge in [-0.15, -0.1) is 6.42 Å². The smallest absolute Gasteiger partial charge is 0.157 e. The molecule has 1 aromatic rings. The maximum Gasteiger partial charge on any atom is 0.157 e. The number of carbonyl (C=O) groups is 1. The summed E-state index contributed by atoms with van der Waals surface area (Å²) < 4.78 is 0. The number of aromatic nitrogens is 1. The van der Waals surface area contributed by atoms with Crippen molar-refractivity contribution in [3.8, 4) is 12.3 Å². The summed E-state index contributed by atoms with van der Waals surface area (Å²) in [6.07, 6.45) is 11.3. The molecule has 1 aliphatic carbocycles. The second-order valence-corrected chi connectivity index (χ2v) is 4.89. The first-order valence-electron chi connectivity index (χ1n) is 6.21. The van der Waals surface area contributed by atoms with Crippen molar-refractivity contribution in [2.45, 2.75) is 25.8 Å². The van der Waals surface area contributed by atoms with Gasteiger partial charge in [0, 0.05) is 30.9 Å². The van der Waals surface area contributed by atoms with Crippen LogP contribution in [0.3, 0.4) is 0 Å². The third kappa shape index (κ3) is 3.84. The Morgan fingerprint density at radius 2 is 2.26 bits per heavy atom. The Labute approximate surface area is 118 Å². The fourth-order valence-corrected chi connectivity index (χ4v) is 2.22. The third-order valence-electron chi connectivity index (χ3n) is 3.03. The van der Waals surface area contributed by atoms with Crippen LogP contribution in [0, 0.1) is 12.3 Å². The van der Waals surface area contributed by atoms with Crippen LogP contribution in [0.2, 0.25) is 5.15 Å². The van der Waals surface area contributed by atoms with Crippen LogP contribution in [0.5, 0.6) is 0 Å². The number of allylic oxidation sites excluding steroid dienone is 2. The standard InChI is InChI=1S/C15H15ClN2O/c1-2-8-18(13-4-3-5-14(19)9-13)11-12-6-7-15(16)17-10-12/h1,6-7,9-10H,3-5,8,11H2. The highest BCUT2D eigenvalue weighted by Crippen LogP contribution is 2.21. The zero-order valence-corrected chi connectivity index (χ0v) is 11.4. The van der Waals surface area contributed by atoms with E-state index < -0.39 is 0 Å². The lowest BCUT2D eigenvalue weighted by atomic mass is 10.0. The molecule has 4 heteroatoms. The van der Waals surface area contributed by atoms with Gasteiger partial charge in [-0.2, -0.15) is 0 Å². The van der Waals surface area contributed by atoms with Crippen LogP contribution in [0.25, 0.3) is 0 Å². The van der Waals surface area contributed by atoms with E-state index in [9.17, 15) is 4.79 Å². The van der Waals surface area contributed by atoms with Gasteiger partial charge in [-0.05, 0) is 24.5 Å². The van der Waals surface area contributed by atoms with Gasteiger partial charge in [-0.25, -0.2) is 4.98 Å². The Morgan fingerprint density at radius 3 is 2.89 bits per heavy atom. The predicted octanol–water partition coefficient (Wildman–Crippen LogP) is 2.81. The van der Waals surface area contributed by atoms with E-state index in [1.807, 2.05) is 11.0 Å². The number of terminal acetylenes is 1. The van der Waals surface area contributed by atoms with Gasteiger partial charge in [-0.1, -0.05) is 23.6 Å². The average Bonchev–Trinajstić information content (AvgIpc) is 2.41. The maximum atomic E-state index is 11.5. The summed E-state index contributed by atoms with van der Waals surface area (Å²) in [4.78, 5) is 17.6. The summed E-state index contributed by atoms with van der Waals surface area (Å²) in [6.45, 7) is 1.13. The van der Waals surface area contributed by atoms with Crippen molar-refractivity contribution < 1.29 is 4.79 Å². The van der Waals surface area contributed by atoms with Gasteiger partial charge in [0.2, 0.25) is 0 Å². The quantitative estimate of drug-likeness (QED) is 0.625. The molecule has 1 aliphatic rings. The van der Waals surface area contributed by atoms with E-state index in [2.05, 4.69) is 10.9 Å². The molecule has 0 spiro atoms. The minimum Gasteiger partial charge on any atom is -0.359 e. The van der Waals surface area contributed by atoms with Crippen molar-refractivity contribution in [1.82, 2.24) is 9.88 Å². The molecule has 0 fully saturated rings. The van der Waals surface area contributed by atoms with Gasteiger partial charge in [0.1, 0.15) is 5.15 Å². The van der Waals surface area contributed by atoms with Gasteiger partial charge in [0.05, 0.1) is 6.54 Å². The molecule has 0 amide bonds. The van der Waals surface area contributed by atoms with E-state index in [1.165, 1.54) is 0 Å². The Kier molecular flexibility index (Phi) is 4.59. The molecule has 0 unspecified atom stereocenters. The van der Waals surface area contributed by atoms with Gasteiger partial charge in [0.15, 0.2) is 5.78 Å². The van der Waals surface area contributed by atoms with Crippen LogP contribution in [-0.4, -0.2) is 22.2 Å². The minimum absolute atomic E-state index is 0.178. The molecule has 0 bridgehead atoms. The van der Waals surface area contributed by atoms with Crippen LogP contribution < -0.4 is 0 Å². The second kappa shape index (κ2) is 6.40. The number of nitrogens with zero attached hydrogens (tertiary/aromatic N) is 2. The zero-order chi connectivity index (χ0) is 13.7. The summed E-state index contributed by atoms with van der Waals surface area (Å²) in [7, 11) is 0. The van der Waals surface area contributed by atoms with Crippen LogP contribution in [0.1, 0.15) is 24.8 Å². The molecular formula is C15H15ClN2O. The Balaban J connectivity index is 2.14. The second-order valence-electron chi connectivity index (χ2n) is 4.50. The molecule has 98 valence electrons. The number of rotatable bonds is 4. The number of hydrogen-bond acceptors (Lipinski definition) is 3. The number of halogens is 1. The van der Waals surface area contributed by atoms with Gasteiger partial charge >= 0.3 is 0 Å². The molecular weight excluding hydrogens is 260 g/mol. The lowest BCUT2D eigenvalue weighted by Crippen LogP contribution is -2.25. The van der Waals surface area contributed by atoms with Crippen LogP contribution in [-0.2, 0) is 11.3 Å². The molecule has 19 heavy (non-hydrogen) atoms. The fourth-order valence-electron chi connectivity index (χ4n) is 2.11. The van der Waals surface area contributed by atoms with Crippen LogP contribution in [0.4, 0.5) is 0 Å². The molecule has 0 saturated heterocycles. The summed E-state index contributed by atoms with van der Waals surface area (Å²) in [6, 6.07) is 3.68. The Bertz CT molecular complexity index is 528. The molecule has 0 atom stereocenters. The van der Waals surface area contributed by atoms with E-state index in [0.29, 0.717) is 24.7 Å². The lowest BCUT2D eigenvalue weighted by molar-refractivity contribution is -0.115. The van der Waals surface area contributed by atoms with E-state index in [1.54, 1.807) is 18.3 Å². The molecule has 3 nitrogen and oxygen atoms in total. The van der Waals surface area contributed by atoms with Crippen molar-refractivity contribution >= 4 is 17.4 Å². The first-order chi connectivity index (χ1) is 9.19. The molecule has 0 aliphatic heterocycles. The molecule has 0 aromatic carbocycles. The summed E-state index contributed by atoms with van der Waals surface area (Å²) in [5.74, 6) is 2.82. The number of ketones is 1. The molecule has 2 rings (SSSR count). The highest BCUT2D eigenvalue weighted by Gasteiger charge is 2.15. The Hall–Kier alpha value is -1.79. The van der Waals surface area contributed by atoms with E-state index in [4.69, 9.17) is 18.0 Å². The van der Waals surface area contributed by atoms with E-state index >= 15 is 0 Å². The minimum atomic E-state index is 0.178. The van der Waals surface area contributed by atoms with Crippen molar-refractivity contribution in [3.63, 3.8) is 0 Å². The Morgan fingerprint density at radius 1 is 1.42 bits per heavy atom. The maximum absolute atomic E-state index is 11.5. The molecule has 0 radical (unpaired) electrons. The highest BCUT2D eigenvalue weighted by atomic mass is 35.5. The van der Waals surface area contributed by atoms with Gasteiger partial charge in [0.25, 0.3) is 0 Å². The molecule has 1 aromatic heterocycles. The van der Waals surface area contributed by atoms with E-state index in [-0.39, 0.29) is 5.78 Å². The summed E-state index contributed by atoms with van der Waals surface area (Å²) in [5, 5.41) is 0.472. The zero-order valence-electron chi connectivity index (χ0n) is 10.6. The largest absolute Gasteiger partial charge is 0.359 e. The molecule has 0 N–H and O–H groups in total. The van der Waals surface area contributed by atoms with Crippen molar-refractivity contribution in [3.05, 3.63) is 40.8 Å². The fraction of sp³-hybridized carbons (Fsp3) is 0.333. The number of carbonyl (C=O) groups excluding carboxylic acids is 1. The SMILES string of the molecule is C#CCN(Cc1ccc(Cl)nc1)C1=CC(=O)CCC1. The summed E-state index contributed by atoms with van der Waals surface area (Å²) >= 11 is 5.76.